The Kier molecular flexibility index (Phi) is 6.39. The predicted octanol–water partition coefficient (Wildman–Crippen LogP) is 13.9. The molecule has 0 amide bonds. The summed E-state index contributed by atoms with van der Waals surface area (Å²) in [6.45, 7) is 0. The average molecular weight is 644 g/mol. The van der Waals surface area contributed by atoms with Crippen LogP contribution in [0.5, 0.6) is 0 Å². The number of hydrogen-bond acceptors (Lipinski definition) is 3. The number of thiophene rings is 1. The fourth-order valence-electron chi connectivity index (χ4n) is 7.34. The molecule has 0 spiro atoms. The lowest BCUT2D eigenvalue weighted by Crippen LogP contribution is -2.10. The Hall–Kier alpha value is -6.16. The summed E-state index contributed by atoms with van der Waals surface area (Å²) in [5.74, 6) is 0. The molecule has 10 rings (SSSR count). The molecule has 3 heteroatoms. The van der Waals surface area contributed by atoms with Crippen LogP contribution in [0, 0.1) is 0 Å². The summed E-state index contributed by atoms with van der Waals surface area (Å²) < 4.78 is 9.07. The minimum absolute atomic E-state index is 0.907. The molecule has 10 aromatic rings. The Labute approximate surface area is 287 Å². The number of rotatable bonds is 5. The third-order valence-corrected chi connectivity index (χ3v) is 10.8. The van der Waals surface area contributed by atoms with Crippen LogP contribution in [0.15, 0.2) is 180 Å². The second-order valence-corrected chi connectivity index (χ2v) is 13.6. The molecule has 0 unspecified atom stereocenters. The number of hydrogen-bond donors (Lipinski definition) is 0. The van der Waals surface area contributed by atoms with Crippen molar-refractivity contribution in [3.05, 3.63) is 176 Å². The first-order valence-corrected chi connectivity index (χ1v) is 17.4. The first-order chi connectivity index (χ1) is 24.3. The molecule has 2 heterocycles. The lowest BCUT2D eigenvalue weighted by molar-refractivity contribution is 0.670. The van der Waals surface area contributed by atoms with E-state index >= 15 is 0 Å². The van der Waals surface area contributed by atoms with E-state index in [0.717, 1.165) is 50.1 Å². The van der Waals surface area contributed by atoms with Crippen molar-refractivity contribution in [3.63, 3.8) is 0 Å². The lowest BCUT2D eigenvalue weighted by atomic mass is 10.0. The first-order valence-electron chi connectivity index (χ1n) is 16.6. The highest BCUT2D eigenvalue weighted by molar-refractivity contribution is 7.26. The quantitative estimate of drug-likeness (QED) is 0.186. The van der Waals surface area contributed by atoms with Gasteiger partial charge >= 0.3 is 0 Å². The highest BCUT2D eigenvalue weighted by Crippen LogP contribution is 2.44. The number of benzene rings is 8. The summed E-state index contributed by atoms with van der Waals surface area (Å²) in [6.07, 6.45) is 0. The molecule has 2 aromatic heterocycles. The molecular formula is C46H29NOS. The van der Waals surface area contributed by atoms with E-state index in [2.05, 4.69) is 169 Å². The molecule has 49 heavy (non-hydrogen) atoms. The zero-order valence-electron chi connectivity index (χ0n) is 26.5. The maximum atomic E-state index is 6.47. The number of anilines is 3. The third kappa shape index (κ3) is 4.62. The number of furan rings is 1. The second-order valence-electron chi connectivity index (χ2n) is 12.5. The summed E-state index contributed by atoms with van der Waals surface area (Å²) >= 11 is 1.86. The molecule has 230 valence electrons. The normalized spacial score (nSPS) is 11.7. The van der Waals surface area contributed by atoms with E-state index in [0.29, 0.717) is 0 Å². The standard InChI is InChI=1S/C46H29NOS/c1-2-10-30(11-3-1)31-20-23-34(24-21-31)47(36-25-27-43-41(29-36)45-37-15-5-4-12-32(37)22-26-44(45)49-43)35-14-8-13-33(28-35)38-17-9-18-40-39-16-6-7-19-42(39)48-46(38)40/h1-29H. The fourth-order valence-corrected chi connectivity index (χ4v) is 8.44. The van der Waals surface area contributed by atoms with E-state index in [-0.39, 0.29) is 0 Å². The van der Waals surface area contributed by atoms with Gasteiger partial charge in [0.25, 0.3) is 0 Å². The van der Waals surface area contributed by atoms with Gasteiger partial charge in [0.05, 0.1) is 0 Å². The number of nitrogens with zero attached hydrogens (tertiary/aromatic N) is 1. The van der Waals surface area contributed by atoms with Gasteiger partial charge in [-0.3, -0.25) is 0 Å². The van der Waals surface area contributed by atoms with Gasteiger partial charge < -0.3 is 9.32 Å². The van der Waals surface area contributed by atoms with E-state index in [9.17, 15) is 0 Å². The topological polar surface area (TPSA) is 16.4 Å². The largest absolute Gasteiger partial charge is 0.455 e. The van der Waals surface area contributed by atoms with Gasteiger partial charge in [-0.15, -0.1) is 11.3 Å². The van der Waals surface area contributed by atoms with Gasteiger partial charge in [-0.1, -0.05) is 121 Å². The van der Waals surface area contributed by atoms with Crippen LogP contribution in [0.1, 0.15) is 0 Å². The predicted molar refractivity (Wildman–Crippen MR) is 210 cm³/mol. The summed E-state index contributed by atoms with van der Waals surface area (Å²) in [6, 6.07) is 63.2. The molecule has 2 nitrogen and oxygen atoms in total. The van der Waals surface area contributed by atoms with E-state index < -0.39 is 0 Å². The Morgan fingerprint density at radius 1 is 0.408 bits per heavy atom. The second kappa shape index (κ2) is 11.2. The molecule has 0 bridgehead atoms. The maximum absolute atomic E-state index is 6.47. The maximum Gasteiger partial charge on any atom is 0.143 e. The molecule has 0 aliphatic rings. The summed E-state index contributed by atoms with van der Waals surface area (Å²) in [5, 5.41) is 7.44. The SMILES string of the molecule is c1ccc(-c2ccc(N(c3cccc(-c4cccc5c4oc4ccccc45)c3)c3ccc4sc5ccc6ccccc6c5c4c3)cc2)cc1. The molecular weight excluding hydrogens is 615 g/mol. The van der Waals surface area contributed by atoms with Gasteiger partial charge in [-0.2, -0.15) is 0 Å². The third-order valence-electron chi connectivity index (χ3n) is 9.65. The molecule has 0 aliphatic heterocycles. The van der Waals surface area contributed by atoms with Crippen LogP contribution in [0.2, 0.25) is 0 Å². The Balaban J connectivity index is 1.17. The Morgan fingerprint density at radius 2 is 1.08 bits per heavy atom. The highest BCUT2D eigenvalue weighted by atomic mass is 32.1. The van der Waals surface area contributed by atoms with Gasteiger partial charge in [-0.25, -0.2) is 0 Å². The monoisotopic (exact) mass is 643 g/mol. The summed E-state index contributed by atoms with van der Waals surface area (Å²) in [5.41, 5.74) is 9.72. The number of fused-ring (bicyclic) bond motifs is 8. The smallest absolute Gasteiger partial charge is 0.143 e. The van der Waals surface area contributed by atoms with Crippen LogP contribution in [-0.4, -0.2) is 0 Å². The highest BCUT2D eigenvalue weighted by Gasteiger charge is 2.18. The molecule has 0 fully saturated rings. The average Bonchev–Trinajstić information content (AvgIpc) is 3.74. The van der Waals surface area contributed by atoms with Crippen LogP contribution in [0.4, 0.5) is 17.1 Å². The van der Waals surface area contributed by atoms with E-state index in [1.54, 1.807) is 0 Å². The lowest BCUT2D eigenvalue weighted by Gasteiger charge is -2.26. The van der Waals surface area contributed by atoms with Gasteiger partial charge in [0.1, 0.15) is 11.2 Å². The van der Waals surface area contributed by atoms with Crippen LogP contribution >= 0.6 is 11.3 Å². The van der Waals surface area contributed by atoms with Crippen LogP contribution < -0.4 is 4.90 Å². The van der Waals surface area contributed by atoms with Crippen molar-refractivity contribution in [1.29, 1.82) is 0 Å². The van der Waals surface area contributed by atoms with Crippen LogP contribution in [0.25, 0.3) is 75.1 Å². The summed E-state index contributed by atoms with van der Waals surface area (Å²) in [4.78, 5) is 2.38. The van der Waals surface area contributed by atoms with Gasteiger partial charge in [0.2, 0.25) is 0 Å². The molecule has 0 saturated heterocycles. The molecule has 0 radical (unpaired) electrons. The zero-order chi connectivity index (χ0) is 32.3. The van der Waals surface area contributed by atoms with Gasteiger partial charge in [-0.05, 0) is 82.1 Å². The van der Waals surface area contributed by atoms with Crippen molar-refractivity contribution in [2.24, 2.45) is 0 Å². The molecule has 8 aromatic carbocycles. The summed E-state index contributed by atoms with van der Waals surface area (Å²) in [7, 11) is 0. The van der Waals surface area contributed by atoms with Crippen molar-refractivity contribution >= 4 is 81.3 Å². The van der Waals surface area contributed by atoms with Crippen molar-refractivity contribution in [1.82, 2.24) is 0 Å². The molecule has 0 N–H and O–H groups in total. The van der Waals surface area contributed by atoms with Crippen molar-refractivity contribution < 1.29 is 4.42 Å². The Morgan fingerprint density at radius 3 is 1.98 bits per heavy atom. The van der Waals surface area contributed by atoms with Gasteiger partial charge in [0, 0.05) is 53.6 Å². The van der Waals surface area contributed by atoms with E-state index in [4.69, 9.17) is 4.42 Å². The van der Waals surface area contributed by atoms with Gasteiger partial charge in [0.15, 0.2) is 0 Å². The Bertz CT molecular complexity index is 2830. The minimum Gasteiger partial charge on any atom is -0.455 e. The first kappa shape index (κ1) is 27.9. The zero-order valence-corrected chi connectivity index (χ0v) is 27.3. The molecule has 0 atom stereocenters. The minimum atomic E-state index is 0.907. The van der Waals surface area contributed by atoms with Crippen LogP contribution in [-0.2, 0) is 0 Å². The fraction of sp³-hybridized carbons (Fsp3) is 0. The molecule has 0 saturated carbocycles. The number of para-hydroxylation sites is 2. The van der Waals surface area contributed by atoms with E-state index in [1.165, 1.54) is 42.1 Å². The van der Waals surface area contributed by atoms with Crippen LogP contribution in [0.3, 0.4) is 0 Å². The van der Waals surface area contributed by atoms with Crippen molar-refractivity contribution in [2.45, 2.75) is 0 Å². The van der Waals surface area contributed by atoms with E-state index in [1.807, 2.05) is 23.5 Å². The van der Waals surface area contributed by atoms with Crippen molar-refractivity contribution in [3.8, 4) is 22.3 Å². The van der Waals surface area contributed by atoms with Crippen molar-refractivity contribution in [2.75, 3.05) is 4.90 Å². The molecule has 0 aliphatic carbocycles.